The molecule has 0 saturated heterocycles. The van der Waals surface area contributed by atoms with E-state index in [2.05, 4.69) is 19.1 Å². The molecule has 2 heteroatoms. The number of hydrogen-bond donors (Lipinski definition) is 0. The van der Waals surface area contributed by atoms with Crippen LogP contribution in [0.3, 0.4) is 0 Å². The Labute approximate surface area is 114 Å². The van der Waals surface area contributed by atoms with Gasteiger partial charge in [0.25, 0.3) is 0 Å². The fourth-order valence-corrected chi connectivity index (χ4v) is 1.85. The molecular formula is C17H18O2. The van der Waals surface area contributed by atoms with E-state index >= 15 is 0 Å². The third-order valence-electron chi connectivity index (χ3n) is 2.98. The molecule has 98 valence electrons. The fraction of sp³-hybridized carbons (Fsp3) is 0.235. The fourth-order valence-electron chi connectivity index (χ4n) is 1.85. The predicted molar refractivity (Wildman–Crippen MR) is 76.5 cm³/mol. The van der Waals surface area contributed by atoms with Crippen LogP contribution in [0, 0.1) is 0 Å². The van der Waals surface area contributed by atoms with E-state index in [1.165, 1.54) is 5.56 Å². The molecule has 0 saturated carbocycles. The Hall–Kier alpha value is -2.09. The maximum Gasteiger partial charge on any atom is 0.174 e. The summed E-state index contributed by atoms with van der Waals surface area (Å²) in [6.45, 7) is 2.24. The molecule has 0 aliphatic rings. The van der Waals surface area contributed by atoms with Crippen LogP contribution in [0.5, 0.6) is 5.75 Å². The molecule has 0 aliphatic carbocycles. The summed E-state index contributed by atoms with van der Waals surface area (Å²) in [7, 11) is 0. The van der Waals surface area contributed by atoms with Gasteiger partial charge in [-0.25, -0.2) is 0 Å². The molecule has 0 spiro atoms. The van der Waals surface area contributed by atoms with E-state index < -0.39 is 0 Å². The number of carbonyl (C=O) groups excluding carboxylic acids is 1. The van der Waals surface area contributed by atoms with Gasteiger partial charge in [-0.2, -0.15) is 0 Å². The lowest BCUT2D eigenvalue weighted by Gasteiger charge is -2.05. The first-order chi connectivity index (χ1) is 9.28. The predicted octanol–water partition coefficient (Wildman–Crippen LogP) is 3.44. The van der Waals surface area contributed by atoms with E-state index in [1.807, 2.05) is 42.5 Å². The van der Waals surface area contributed by atoms with Crippen LogP contribution in [0.4, 0.5) is 0 Å². The molecular weight excluding hydrogens is 236 g/mol. The number of hydrogen-bond acceptors (Lipinski definition) is 2. The Morgan fingerprint density at radius 3 is 2.21 bits per heavy atom. The minimum atomic E-state index is 0.0908. The average molecular weight is 254 g/mol. The minimum absolute atomic E-state index is 0.0908. The number of aryl methyl sites for hydroxylation is 1. The van der Waals surface area contributed by atoms with Crippen molar-refractivity contribution in [1.82, 2.24) is 0 Å². The Morgan fingerprint density at radius 2 is 1.58 bits per heavy atom. The molecule has 0 radical (unpaired) electrons. The molecule has 2 aromatic rings. The standard InChI is InChI=1S/C17H18O2/c1-2-14-8-10-15(11-9-14)12-16(18)13-19-17-6-4-3-5-7-17/h3-11H,2,12-13H2,1H3. The minimum Gasteiger partial charge on any atom is -0.486 e. The van der Waals surface area contributed by atoms with Gasteiger partial charge in [-0.3, -0.25) is 4.79 Å². The third kappa shape index (κ3) is 4.25. The molecule has 0 atom stereocenters. The number of ether oxygens (including phenoxy) is 1. The monoisotopic (exact) mass is 254 g/mol. The van der Waals surface area contributed by atoms with Crippen LogP contribution in [0.15, 0.2) is 54.6 Å². The molecule has 0 unspecified atom stereocenters. The summed E-state index contributed by atoms with van der Waals surface area (Å²) in [4.78, 5) is 11.8. The van der Waals surface area contributed by atoms with Crippen LogP contribution < -0.4 is 4.74 Å². The average Bonchev–Trinajstić information content (AvgIpc) is 2.47. The molecule has 0 heterocycles. The summed E-state index contributed by atoms with van der Waals surface area (Å²) in [5.74, 6) is 0.824. The van der Waals surface area contributed by atoms with E-state index in [0.29, 0.717) is 6.42 Å². The SMILES string of the molecule is CCc1ccc(CC(=O)COc2ccccc2)cc1. The van der Waals surface area contributed by atoms with Crippen LogP contribution in [0.25, 0.3) is 0 Å². The van der Waals surface area contributed by atoms with Gasteiger partial charge < -0.3 is 4.74 Å². The molecule has 2 nitrogen and oxygen atoms in total. The van der Waals surface area contributed by atoms with Crippen molar-refractivity contribution < 1.29 is 9.53 Å². The van der Waals surface area contributed by atoms with Gasteiger partial charge in [-0.1, -0.05) is 49.4 Å². The quantitative estimate of drug-likeness (QED) is 0.789. The highest BCUT2D eigenvalue weighted by atomic mass is 16.5. The molecule has 2 rings (SSSR count). The second-order valence-electron chi connectivity index (χ2n) is 4.49. The Morgan fingerprint density at radius 1 is 0.947 bits per heavy atom. The molecule has 19 heavy (non-hydrogen) atoms. The Bertz CT molecular complexity index is 515. The van der Waals surface area contributed by atoms with E-state index in [-0.39, 0.29) is 12.4 Å². The zero-order valence-electron chi connectivity index (χ0n) is 11.1. The third-order valence-corrected chi connectivity index (χ3v) is 2.98. The van der Waals surface area contributed by atoms with Crippen molar-refractivity contribution in [2.45, 2.75) is 19.8 Å². The number of para-hydroxylation sites is 1. The van der Waals surface area contributed by atoms with Crippen LogP contribution >= 0.6 is 0 Å². The van der Waals surface area contributed by atoms with Crippen molar-refractivity contribution in [3.63, 3.8) is 0 Å². The van der Waals surface area contributed by atoms with Crippen molar-refractivity contribution in [2.75, 3.05) is 6.61 Å². The lowest BCUT2D eigenvalue weighted by molar-refractivity contribution is -0.120. The summed E-state index contributed by atoms with van der Waals surface area (Å²) in [6, 6.07) is 17.6. The van der Waals surface area contributed by atoms with E-state index in [0.717, 1.165) is 17.7 Å². The summed E-state index contributed by atoms with van der Waals surface area (Å²) in [5, 5.41) is 0. The van der Waals surface area contributed by atoms with E-state index in [1.54, 1.807) is 0 Å². The molecule has 0 aromatic heterocycles. The second-order valence-corrected chi connectivity index (χ2v) is 4.49. The van der Waals surface area contributed by atoms with E-state index in [4.69, 9.17) is 4.74 Å². The summed E-state index contributed by atoms with van der Waals surface area (Å²) in [6.07, 6.45) is 1.45. The van der Waals surface area contributed by atoms with Crippen molar-refractivity contribution in [1.29, 1.82) is 0 Å². The van der Waals surface area contributed by atoms with Crippen LogP contribution in [0.2, 0.25) is 0 Å². The number of benzene rings is 2. The summed E-state index contributed by atoms with van der Waals surface area (Å²) >= 11 is 0. The highest BCUT2D eigenvalue weighted by Gasteiger charge is 2.05. The van der Waals surface area contributed by atoms with Crippen molar-refractivity contribution in [3.8, 4) is 5.75 Å². The van der Waals surface area contributed by atoms with Crippen molar-refractivity contribution in [3.05, 3.63) is 65.7 Å². The van der Waals surface area contributed by atoms with Crippen molar-refractivity contribution >= 4 is 5.78 Å². The summed E-state index contributed by atoms with van der Waals surface area (Å²) < 4.78 is 5.44. The van der Waals surface area contributed by atoms with Gasteiger partial charge in [0, 0.05) is 6.42 Å². The highest BCUT2D eigenvalue weighted by molar-refractivity contribution is 5.82. The first-order valence-corrected chi connectivity index (χ1v) is 6.55. The number of rotatable bonds is 6. The Kier molecular flexibility index (Phi) is 4.73. The van der Waals surface area contributed by atoms with Gasteiger partial charge in [0.2, 0.25) is 0 Å². The Balaban J connectivity index is 1.83. The molecule has 2 aromatic carbocycles. The molecule has 0 fully saturated rings. The number of carbonyl (C=O) groups is 1. The topological polar surface area (TPSA) is 26.3 Å². The van der Waals surface area contributed by atoms with Crippen molar-refractivity contribution in [2.24, 2.45) is 0 Å². The maximum atomic E-state index is 11.8. The molecule has 0 amide bonds. The number of Topliss-reactive ketones (excluding diaryl/α,β-unsaturated/α-hetero) is 1. The van der Waals surface area contributed by atoms with Crippen LogP contribution in [0.1, 0.15) is 18.1 Å². The van der Waals surface area contributed by atoms with Gasteiger partial charge in [-0.05, 0) is 29.7 Å². The first kappa shape index (κ1) is 13.3. The van der Waals surface area contributed by atoms with Gasteiger partial charge in [-0.15, -0.1) is 0 Å². The smallest absolute Gasteiger partial charge is 0.174 e. The largest absolute Gasteiger partial charge is 0.486 e. The second kappa shape index (κ2) is 6.74. The van der Waals surface area contributed by atoms with Gasteiger partial charge in [0.05, 0.1) is 0 Å². The number of ketones is 1. The van der Waals surface area contributed by atoms with E-state index in [9.17, 15) is 4.79 Å². The first-order valence-electron chi connectivity index (χ1n) is 6.55. The molecule has 0 aliphatic heterocycles. The van der Waals surface area contributed by atoms with Gasteiger partial charge in [0.1, 0.15) is 12.4 Å². The highest BCUT2D eigenvalue weighted by Crippen LogP contribution is 2.09. The zero-order valence-corrected chi connectivity index (χ0v) is 11.1. The lowest BCUT2D eigenvalue weighted by Crippen LogP contribution is -2.13. The maximum absolute atomic E-state index is 11.8. The zero-order chi connectivity index (χ0) is 13.5. The molecule has 0 bridgehead atoms. The lowest BCUT2D eigenvalue weighted by atomic mass is 10.1. The normalized spacial score (nSPS) is 10.2. The van der Waals surface area contributed by atoms with Crippen LogP contribution in [-0.4, -0.2) is 12.4 Å². The summed E-state index contributed by atoms with van der Waals surface area (Å²) in [5.41, 5.74) is 2.33. The van der Waals surface area contributed by atoms with Gasteiger partial charge >= 0.3 is 0 Å². The van der Waals surface area contributed by atoms with Gasteiger partial charge in [0.15, 0.2) is 5.78 Å². The van der Waals surface area contributed by atoms with Crippen LogP contribution in [-0.2, 0) is 17.6 Å². The molecule has 0 N–H and O–H groups in total.